The lowest BCUT2D eigenvalue weighted by Gasteiger charge is -2.24. The van der Waals surface area contributed by atoms with Crippen molar-refractivity contribution in [1.29, 1.82) is 0 Å². The third-order valence-corrected chi connectivity index (χ3v) is 4.63. The van der Waals surface area contributed by atoms with Gasteiger partial charge in [0.2, 0.25) is 0 Å². The molecule has 104 valence electrons. The Balaban J connectivity index is 1.83. The molecule has 3 rings (SSSR count). The van der Waals surface area contributed by atoms with Gasteiger partial charge < -0.3 is 5.32 Å². The lowest BCUT2D eigenvalue weighted by Crippen LogP contribution is -2.27. The third kappa shape index (κ3) is 2.41. The fraction of sp³-hybridized carbons (Fsp3) is 0.333. The summed E-state index contributed by atoms with van der Waals surface area (Å²) in [5.41, 5.74) is 2.10. The highest BCUT2D eigenvalue weighted by atomic mass is 32.1. The number of hydrogen-bond donors (Lipinski definition) is 1. The van der Waals surface area contributed by atoms with Crippen molar-refractivity contribution >= 4 is 22.7 Å². The monoisotopic (exact) mass is 286 g/mol. The molecule has 4 nitrogen and oxygen atoms in total. The summed E-state index contributed by atoms with van der Waals surface area (Å²) >= 11 is 1.79. The van der Waals surface area contributed by atoms with Gasteiger partial charge >= 0.3 is 0 Å². The van der Waals surface area contributed by atoms with Crippen molar-refractivity contribution in [1.82, 2.24) is 14.6 Å². The molecule has 0 aromatic carbocycles. The van der Waals surface area contributed by atoms with Crippen molar-refractivity contribution in [2.45, 2.75) is 26.2 Å². The van der Waals surface area contributed by atoms with Gasteiger partial charge in [-0.25, -0.2) is 9.50 Å². The van der Waals surface area contributed by atoms with Crippen LogP contribution in [-0.4, -0.2) is 21.1 Å². The molecule has 1 N–H and O–H groups in total. The first-order valence-electron chi connectivity index (χ1n) is 6.65. The van der Waals surface area contributed by atoms with Crippen LogP contribution in [0, 0.1) is 6.92 Å². The number of aryl methyl sites for hydroxylation is 1. The number of rotatable bonds is 4. The second-order valence-electron chi connectivity index (χ2n) is 5.61. The Morgan fingerprint density at radius 1 is 1.40 bits per heavy atom. The van der Waals surface area contributed by atoms with Crippen LogP contribution in [0.5, 0.6) is 0 Å². The topological polar surface area (TPSA) is 42.2 Å². The summed E-state index contributed by atoms with van der Waals surface area (Å²) in [6.07, 6.45) is 3.65. The minimum absolute atomic E-state index is 0.0811. The molecule has 5 heteroatoms. The maximum Gasteiger partial charge on any atom is 0.152 e. The molecular weight excluding hydrogens is 268 g/mol. The average Bonchev–Trinajstić information content (AvgIpc) is 3.04. The first kappa shape index (κ1) is 13.1. The van der Waals surface area contributed by atoms with Gasteiger partial charge in [-0.15, -0.1) is 11.3 Å². The van der Waals surface area contributed by atoms with Crippen molar-refractivity contribution in [3.63, 3.8) is 0 Å². The van der Waals surface area contributed by atoms with Crippen LogP contribution in [0.1, 0.15) is 24.4 Å². The largest absolute Gasteiger partial charge is 0.367 e. The predicted molar refractivity (Wildman–Crippen MR) is 83.6 cm³/mol. The lowest BCUT2D eigenvalue weighted by atomic mass is 9.91. The number of nitrogens with one attached hydrogen (secondary N) is 1. The van der Waals surface area contributed by atoms with Gasteiger partial charge in [-0.2, -0.15) is 5.10 Å². The zero-order valence-corrected chi connectivity index (χ0v) is 12.7. The molecule has 0 amide bonds. The van der Waals surface area contributed by atoms with Gasteiger partial charge in [-0.3, -0.25) is 0 Å². The SMILES string of the molecule is Cc1cc2c(NCC(C)(C)c3cccs3)nccn2n1. The Hall–Kier alpha value is -1.88. The molecule has 0 aliphatic rings. The van der Waals surface area contributed by atoms with Gasteiger partial charge in [-0.05, 0) is 24.4 Å². The van der Waals surface area contributed by atoms with Gasteiger partial charge in [0, 0.05) is 29.2 Å². The van der Waals surface area contributed by atoms with E-state index in [2.05, 4.69) is 46.8 Å². The van der Waals surface area contributed by atoms with E-state index in [4.69, 9.17) is 0 Å². The number of thiophene rings is 1. The molecule has 3 heterocycles. The van der Waals surface area contributed by atoms with Crippen LogP contribution in [0.3, 0.4) is 0 Å². The fourth-order valence-corrected chi connectivity index (χ4v) is 3.09. The van der Waals surface area contributed by atoms with E-state index in [0.717, 1.165) is 23.6 Å². The summed E-state index contributed by atoms with van der Waals surface area (Å²) in [5.74, 6) is 0.887. The second-order valence-corrected chi connectivity index (χ2v) is 6.55. The first-order valence-corrected chi connectivity index (χ1v) is 7.53. The molecule has 0 bridgehead atoms. The molecule has 0 radical (unpaired) electrons. The van der Waals surface area contributed by atoms with E-state index < -0.39 is 0 Å². The Kier molecular flexibility index (Phi) is 3.22. The Morgan fingerprint density at radius 2 is 2.25 bits per heavy atom. The summed E-state index contributed by atoms with van der Waals surface area (Å²) in [5, 5.41) is 9.99. The normalized spacial score (nSPS) is 11.9. The maximum absolute atomic E-state index is 4.44. The number of aromatic nitrogens is 3. The summed E-state index contributed by atoms with van der Waals surface area (Å²) in [4.78, 5) is 5.81. The van der Waals surface area contributed by atoms with Crippen molar-refractivity contribution in [3.05, 3.63) is 46.5 Å². The van der Waals surface area contributed by atoms with Crippen molar-refractivity contribution < 1.29 is 0 Å². The highest BCUT2D eigenvalue weighted by Gasteiger charge is 2.22. The van der Waals surface area contributed by atoms with Gasteiger partial charge in [-0.1, -0.05) is 19.9 Å². The Labute approximate surface area is 122 Å². The molecule has 0 saturated carbocycles. The molecule has 0 atom stereocenters. The average molecular weight is 286 g/mol. The number of hydrogen-bond acceptors (Lipinski definition) is 4. The van der Waals surface area contributed by atoms with Crippen LogP contribution in [0.4, 0.5) is 5.82 Å². The van der Waals surface area contributed by atoms with E-state index >= 15 is 0 Å². The zero-order valence-electron chi connectivity index (χ0n) is 11.9. The van der Waals surface area contributed by atoms with E-state index in [9.17, 15) is 0 Å². The van der Waals surface area contributed by atoms with Crippen LogP contribution in [0.25, 0.3) is 5.52 Å². The van der Waals surface area contributed by atoms with E-state index in [1.54, 1.807) is 17.5 Å². The van der Waals surface area contributed by atoms with Crippen LogP contribution >= 0.6 is 11.3 Å². The minimum atomic E-state index is 0.0811. The molecule has 0 saturated heterocycles. The van der Waals surface area contributed by atoms with E-state index in [1.807, 2.05) is 23.7 Å². The number of fused-ring (bicyclic) bond motifs is 1. The van der Waals surface area contributed by atoms with Crippen LogP contribution in [-0.2, 0) is 5.41 Å². The molecule has 20 heavy (non-hydrogen) atoms. The summed E-state index contributed by atoms with van der Waals surface area (Å²) in [6, 6.07) is 6.33. The third-order valence-electron chi connectivity index (χ3n) is 3.40. The summed E-state index contributed by atoms with van der Waals surface area (Å²) in [7, 11) is 0. The van der Waals surface area contributed by atoms with E-state index in [-0.39, 0.29) is 5.41 Å². The number of nitrogens with zero attached hydrogens (tertiary/aromatic N) is 3. The molecule has 0 aliphatic carbocycles. The van der Waals surface area contributed by atoms with Gasteiger partial charge in [0.05, 0.1) is 5.69 Å². The molecule has 0 spiro atoms. The fourth-order valence-electron chi connectivity index (χ4n) is 2.24. The van der Waals surface area contributed by atoms with Crippen molar-refractivity contribution in [2.24, 2.45) is 0 Å². The van der Waals surface area contributed by atoms with Crippen molar-refractivity contribution in [3.8, 4) is 0 Å². The van der Waals surface area contributed by atoms with E-state index in [0.29, 0.717) is 0 Å². The quantitative estimate of drug-likeness (QED) is 0.798. The van der Waals surface area contributed by atoms with E-state index in [1.165, 1.54) is 4.88 Å². The zero-order chi connectivity index (χ0) is 14.2. The first-order chi connectivity index (χ1) is 9.56. The lowest BCUT2D eigenvalue weighted by molar-refractivity contribution is 0.568. The van der Waals surface area contributed by atoms with Crippen molar-refractivity contribution in [2.75, 3.05) is 11.9 Å². The molecule has 0 aliphatic heterocycles. The molecule has 0 fully saturated rings. The van der Waals surface area contributed by atoms with Gasteiger partial charge in [0.25, 0.3) is 0 Å². The maximum atomic E-state index is 4.44. The number of anilines is 1. The predicted octanol–water partition coefficient (Wildman–Crippen LogP) is 3.49. The standard InChI is InChI=1S/C15H18N4S/c1-11-9-12-14(16-6-7-19(12)18-11)17-10-15(2,3)13-5-4-8-20-13/h4-9H,10H2,1-3H3,(H,16,17). The van der Waals surface area contributed by atoms with Crippen LogP contribution in [0.15, 0.2) is 36.0 Å². The molecule has 0 unspecified atom stereocenters. The second kappa shape index (κ2) is 4.90. The highest BCUT2D eigenvalue weighted by Crippen LogP contribution is 2.28. The Morgan fingerprint density at radius 3 is 3.00 bits per heavy atom. The highest BCUT2D eigenvalue weighted by molar-refractivity contribution is 7.10. The smallest absolute Gasteiger partial charge is 0.152 e. The Bertz CT molecular complexity index is 713. The molecule has 3 aromatic heterocycles. The summed E-state index contributed by atoms with van der Waals surface area (Å²) < 4.78 is 1.86. The van der Waals surface area contributed by atoms with Gasteiger partial charge in [0.1, 0.15) is 5.52 Å². The summed E-state index contributed by atoms with van der Waals surface area (Å²) in [6.45, 7) is 7.32. The molecule has 3 aromatic rings. The van der Waals surface area contributed by atoms with Crippen LogP contribution in [0.2, 0.25) is 0 Å². The van der Waals surface area contributed by atoms with Crippen LogP contribution < -0.4 is 5.32 Å². The minimum Gasteiger partial charge on any atom is -0.367 e. The van der Waals surface area contributed by atoms with Gasteiger partial charge in [0.15, 0.2) is 5.82 Å². The molecular formula is C15H18N4S.